The number of benzene rings is 1. The van der Waals surface area contributed by atoms with Crippen LogP contribution in [-0.4, -0.2) is 12.1 Å². The minimum Gasteiger partial charge on any atom is -0.459 e. The Balaban J connectivity index is 1.87. The van der Waals surface area contributed by atoms with Gasteiger partial charge in [0.25, 0.3) is 0 Å². The molecule has 1 fully saturated rings. The van der Waals surface area contributed by atoms with E-state index >= 15 is 0 Å². The lowest BCUT2D eigenvalue weighted by atomic mass is 9.75. The Morgan fingerprint density at radius 2 is 2.00 bits per heavy atom. The molecule has 1 aliphatic carbocycles. The highest BCUT2D eigenvalue weighted by atomic mass is 16.5. The molecule has 3 atom stereocenters. The SMILES string of the molecule is C/C(=C\C(=O)O[C@@H]1C[C@H](C)CC[C@H]1C(C)C)NCc1ccccc1. The molecule has 0 spiro atoms. The van der Waals surface area contributed by atoms with E-state index in [0.29, 0.717) is 24.3 Å². The van der Waals surface area contributed by atoms with Gasteiger partial charge in [-0.2, -0.15) is 0 Å². The van der Waals surface area contributed by atoms with Crippen LogP contribution in [0.4, 0.5) is 0 Å². The van der Waals surface area contributed by atoms with Gasteiger partial charge in [0, 0.05) is 18.3 Å². The number of rotatable bonds is 6. The van der Waals surface area contributed by atoms with Crippen LogP contribution < -0.4 is 5.32 Å². The van der Waals surface area contributed by atoms with Crippen LogP contribution in [0.1, 0.15) is 52.5 Å². The van der Waals surface area contributed by atoms with Gasteiger partial charge < -0.3 is 10.1 Å². The zero-order valence-electron chi connectivity index (χ0n) is 15.4. The number of esters is 1. The Morgan fingerprint density at radius 1 is 1.29 bits per heavy atom. The summed E-state index contributed by atoms with van der Waals surface area (Å²) in [6, 6.07) is 10.2. The van der Waals surface area contributed by atoms with Crippen LogP contribution in [0.25, 0.3) is 0 Å². The van der Waals surface area contributed by atoms with E-state index in [1.54, 1.807) is 6.08 Å². The Hall–Kier alpha value is -1.77. The smallest absolute Gasteiger partial charge is 0.332 e. The predicted molar refractivity (Wildman–Crippen MR) is 98.3 cm³/mol. The summed E-state index contributed by atoms with van der Waals surface area (Å²) in [5.74, 6) is 1.45. The zero-order valence-corrected chi connectivity index (χ0v) is 15.4. The number of carbonyl (C=O) groups excluding carboxylic acids is 1. The largest absolute Gasteiger partial charge is 0.459 e. The second-order valence-corrected chi connectivity index (χ2v) is 7.47. The minimum absolute atomic E-state index is 0.0550. The molecule has 1 aliphatic rings. The van der Waals surface area contributed by atoms with Crippen molar-refractivity contribution < 1.29 is 9.53 Å². The fourth-order valence-corrected chi connectivity index (χ4v) is 3.50. The average Bonchev–Trinajstić information content (AvgIpc) is 2.53. The van der Waals surface area contributed by atoms with Crippen molar-refractivity contribution in [2.45, 2.75) is 59.6 Å². The highest BCUT2D eigenvalue weighted by molar-refractivity contribution is 5.82. The summed E-state index contributed by atoms with van der Waals surface area (Å²) in [5, 5.41) is 3.27. The first-order valence-electron chi connectivity index (χ1n) is 9.12. The number of carbonyl (C=O) groups is 1. The quantitative estimate of drug-likeness (QED) is 0.608. The molecule has 132 valence electrons. The Bertz CT molecular complexity index is 550. The topological polar surface area (TPSA) is 38.3 Å². The van der Waals surface area contributed by atoms with Gasteiger partial charge in [-0.05, 0) is 43.1 Å². The van der Waals surface area contributed by atoms with Gasteiger partial charge in [0.15, 0.2) is 0 Å². The molecule has 0 saturated heterocycles. The summed E-state index contributed by atoms with van der Waals surface area (Å²) in [7, 11) is 0. The molecule has 0 aliphatic heterocycles. The van der Waals surface area contributed by atoms with Gasteiger partial charge in [-0.25, -0.2) is 4.79 Å². The first-order valence-corrected chi connectivity index (χ1v) is 9.12. The molecule has 1 aromatic rings. The molecule has 0 bridgehead atoms. The van der Waals surface area contributed by atoms with Crippen LogP contribution in [0.3, 0.4) is 0 Å². The van der Waals surface area contributed by atoms with Crippen LogP contribution >= 0.6 is 0 Å². The molecule has 0 amide bonds. The van der Waals surface area contributed by atoms with Gasteiger partial charge in [0.05, 0.1) is 0 Å². The van der Waals surface area contributed by atoms with E-state index in [2.05, 4.69) is 38.2 Å². The van der Waals surface area contributed by atoms with Crippen LogP contribution in [-0.2, 0) is 16.1 Å². The van der Waals surface area contributed by atoms with Gasteiger partial charge in [-0.15, -0.1) is 0 Å². The Labute approximate surface area is 146 Å². The lowest BCUT2D eigenvalue weighted by Gasteiger charge is -2.36. The second-order valence-electron chi connectivity index (χ2n) is 7.47. The third-order valence-corrected chi connectivity index (χ3v) is 4.98. The van der Waals surface area contributed by atoms with Gasteiger partial charge in [0.1, 0.15) is 6.10 Å². The lowest BCUT2D eigenvalue weighted by Crippen LogP contribution is -2.35. The van der Waals surface area contributed by atoms with Crippen molar-refractivity contribution in [1.82, 2.24) is 5.32 Å². The van der Waals surface area contributed by atoms with Crippen LogP contribution in [0.15, 0.2) is 42.1 Å². The molecule has 0 aromatic heterocycles. The average molecular weight is 329 g/mol. The summed E-state index contributed by atoms with van der Waals surface area (Å²) >= 11 is 0. The van der Waals surface area contributed by atoms with Crippen molar-refractivity contribution in [3.8, 4) is 0 Å². The first kappa shape index (κ1) is 18.6. The summed E-state index contributed by atoms with van der Waals surface area (Å²) in [4.78, 5) is 12.3. The maximum absolute atomic E-state index is 12.3. The molecule has 1 aromatic carbocycles. The zero-order chi connectivity index (χ0) is 17.5. The van der Waals surface area contributed by atoms with Crippen molar-refractivity contribution in [3.05, 3.63) is 47.7 Å². The van der Waals surface area contributed by atoms with Gasteiger partial charge in [-0.1, -0.05) is 57.5 Å². The highest BCUT2D eigenvalue weighted by Crippen LogP contribution is 2.35. The molecular formula is C21H31NO2. The molecule has 2 rings (SSSR count). The van der Waals surface area contributed by atoms with E-state index in [0.717, 1.165) is 18.5 Å². The number of allylic oxidation sites excluding steroid dienone is 1. The fourth-order valence-electron chi connectivity index (χ4n) is 3.50. The van der Waals surface area contributed by atoms with Crippen LogP contribution in [0.5, 0.6) is 0 Å². The van der Waals surface area contributed by atoms with Crippen molar-refractivity contribution in [1.29, 1.82) is 0 Å². The number of ether oxygens (including phenoxy) is 1. The predicted octanol–water partition coefficient (Wildman–Crippen LogP) is 4.68. The molecular weight excluding hydrogens is 298 g/mol. The van der Waals surface area contributed by atoms with Crippen LogP contribution in [0, 0.1) is 17.8 Å². The van der Waals surface area contributed by atoms with Gasteiger partial charge in [0.2, 0.25) is 0 Å². The summed E-state index contributed by atoms with van der Waals surface area (Å²) < 4.78 is 5.80. The summed E-state index contributed by atoms with van der Waals surface area (Å²) in [5.41, 5.74) is 2.04. The fraction of sp³-hybridized carbons (Fsp3) is 0.571. The third-order valence-electron chi connectivity index (χ3n) is 4.98. The maximum atomic E-state index is 12.3. The van der Waals surface area contributed by atoms with Crippen molar-refractivity contribution in [3.63, 3.8) is 0 Å². The maximum Gasteiger partial charge on any atom is 0.332 e. The van der Waals surface area contributed by atoms with E-state index < -0.39 is 0 Å². The normalized spacial score (nSPS) is 24.7. The summed E-state index contributed by atoms with van der Waals surface area (Å²) in [6.07, 6.45) is 5.02. The van der Waals surface area contributed by atoms with Gasteiger partial charge in [-0.3, -0.25) is 0 Å². The van der Waals surface area contributed by atoms with E-state index in [-0.39, 0.29) is 12.1 Å². The highest BCUT2D eigenvalue weighted by Gasteiger charge is 2.33. The van der Waals surface area contributed by atoms with Gasteiger partial charge >= 0.3 is 5.97 Å². The molecule has 0 unspecified atom stereocenters. The molecule has 1 saturated carbocycles. The van der Waals surface area contributed by atoms with E-state index in [1.165, 1.54) is 12.0 Å². The molecule has 3 heteroatoms. The van der Waals surface area contributed by atoms with E-state index in [1.807, 2.05) is 25.1 Å². The number of hydrogen-bond donors (Lipinski definition) is 1. The van der Waals surface area contributed by atoms with Crippen LogP contribution in [0.2, 0.25) is 0 Å². The standard InChI is InChI=1S/C21H31NO2/c1-15(2)19-11-10-16(3)12-20(19)24-21(23)13-17(4)22-14-18-8-6-5-7-9-18/h5-9,13,15-16,19-20,22H,10-12,14H2,1-4H3/b17-13+/t16-,19+,20-/m1/s1. The molecule has 1 N–H and O–H groups in total. The first-order chi connectivity index (χ1) is 11.5. The number of nitrogens with one attached hydrogen (secondary N) is 1. The lowest BCUT2D eigenvalue weighted by molar-refractivity contribution is -0.149. The van der Waals surface area contributed by atoms with Crippen molar-refractivity contribution >= 4 is 5.97 Å². The minimum atomic E-state index is -0.224. The number of hydrogen-bond acceptors (Lipinski definition) is 3. The third kappa shape index (κ3) is 5.70. The molecule has 0 heterocycles. The second kappa shape index (κ2) is 8.91. The molecule has 0 radical (unpaired) electrons. The monoisotopic (exact) mass is 329 g/mol. The molecule has 24 heavy (non-hydrogen) atoms. The Kier molecular flexibility index (Phi) is 6.89. The van der Waals surface area contributed by atoms with E-state index in [9.17, 15) is 4.79 Å². The summed E-state index contributed by atoms with van der Waals surface area (Å²) in [6.45, 7) is 9.33. The Morgan fingerprint density at radius 3 is 2.67 bits per heavy atom. The van der Waals surface area contributed by atoms with E-state index in [4.69, 9.17) is 4.74 Å². The van der Waals surface area contributed by atoms with Crippen molar-refractivity contribution in [2.75, 3.05) is 0 Å². The molecule has 3 nitrogen and oxygen atoms in total. The van der Waals surface area contributed by atoms with Crippen molar-refractivity contribution in [2.24, 2.45) is 17.8 Å².